The number of unbranched alkanes of at least 4 members (excludes halogenated alkanes) is 19. The lowest BCUT2D eigenvalue weighted by molar-refractivity contribution is -0.379. The predicted molar refractivity (Wildman–Crippen MR) is 383 cm³/mol. The Morgan fingerprint density at radius 1 is 0.381 bits per heavy atom. The monoisotopic (exact) mass is 1370 g/mol. The standard InChI is InChI=1S/C78H129NO18/c1-3-5-7-9-11-13-15-17-19-21-23-24-25-26-27-28-29-30-31-32-33-34-35-36-38-40-42-44-46-48-50-52-54-56-66(84)79-61(62(83)55-53-51-49-47-45-43-41-39-37-22-20-18-16-14-12-10-8-6-4-2)60-92-76-72(90)69(87)74(64(58-81)94-76)97-78-73(91)70(88)75(65(59-82)95-78)96-77-71(89)68(86)67(85)63(57-80)93-77/h5,7,11,13,17,19,23-24,26-27,29-30,32-33,35-36,40,42,46,48,53,55,61-65,67-78,80-83,85-91H,3-4,6,8-10,12,14-16,18,20-22,25,28,31,34,37-39,41,43-45,47,49-52,54,56-60H2,1-2H3,(H,79,84)/b7-5-,13-11-,19-17-,24-23-,27-26-,30-29-,33-32-,36-35-,42-40-,48-46-,55-53+. The van der Waals surface area contributed by atoms with E-state index in [-0.39, 0.29) is 18.9 Å². The first kappa shape index (κ1) is 87.1. The van der Waals surface area contributed by atoms with Crippen molar-refractivity contribution >= 4 is 5.91 Å². The minimum atomic E-state index is -1.99. The summed E-state index contributed by atoms with van der Waals surface area (Å²) in [6, 6.07) is -1.01. The van der Waals surface area contributed by atoms with Crippen LogP contribution in [0.25, 0.3) is 0 Å². The number of rotatable bonds is 55. The van der Waals surface area contributed by atoms with Crippen LogP contribution < -0.4 is 5.32 Å². The first-order chi connectivity index (χ1) is 47.3. The Labute approximate surface area is 581 Å². The smallest absolute Gasteiger partial charge is 0.220 e. The molecule has 0 bridgehead atoms. The fourth-order valence-electron chi connectivity index (χ4n) is 11.5. The van der Waals surface area contributed by atoms with Crippen LogP contribution in [0.15, 0.2) is 134 Å². The second-order valence-electron chi connectivity index (χ2n) is 25.7. The van der Waals surface area contributed by atoms with Crippen molar-refractivity contribution in [3.05, 3.63) is 134 Å². The molecule has 3 fully saturated rings. The molecule has 0 aromatic carbocycles. The van der Waals surface area contributed by atoms with Gasteiger partial charge in [-0.25, -0.2) is 0 Å². The van der Waals surface area contributed by atoms with Gasteiger partial charge < -0.3 is 89.9 Å². The Morgan fingerprint density at radius 2 is 0.711 bits per heavy atom. The van der Waals surface area contributed by atoms with Crippen LogP contribution in [0.2, 0.25) is 0 Å². The van der Waals surface area contributed by atoms with E-state index in [1.165, 1.54) is 89.9 Å². The van der Waals surface area contributed by atoms with Crippen LogP contribution in [0.3, 0.4) is 0 Å². The van der Waals surface area contributed by atoms with E-state index in [0.717, 1.165) is 103 Å². The van der Waals surface area contributed by atoms with Crippen LogP contribution in [0.4, 0.5) is 0 Å². The number of carbonyl (C=O) groups is 1. The number of hydrogen-bond donors (Lipinski definition) is 12. The summed E-state index contributed by atoms with van der Waals surface area (Å²) in [5, 5.41) is 121. The summed E-state index contributed by atoms with van der Waals surface area (Å²) in [6.45, 7) is 1.58. The average molecular weight is 1370 g/mol. The number of amides is 1. The minimum absolute atomic E-state index is 0.179. The largest absolute Gasteiger partial charge is 0.394 e. The molecule has 1 amide bonds. The van der Waals surface area contributed by atoms with Gasteiger partial charge in [-0.15, -0.1) is 0 Å². The molecule has 3 rings (SSSR count). The average Bonchev–Trinajstić information content (AvgIpc) is 0.845. The summed E-state index contributed by atoms with van der Waals surface area (Å²) in [6.07, 6.45) is 54.2. The summed E-state index contributed by atoms with van der Waals surface area (Å²) in [4.78, 5) is 13.4. The third kappa shape index (κ3) is 38.5. The van der Waals surface area contributed by atoms with Crippen molar-refractivity contribution in [3.63, 3.8) is 0 Å². The Kier molecular flexibility index (Phi) is 51.7. The number of hydrogen-bond acceptors (Lipinski definition) is 18. The summed E-state index contributed by atoms with van der Waals surface area (Å²) in [5.74, 6) is -0.323. The normalized spacial score (nSPS) is 27.7. The highest BCUT2D eigenvalue weighted by Gasteiger charge is 2.53. The van der Waals surface area contributed by atoms with E-state index < -0.39 is 124 Å². The van der Waals surface area contributed by atoms with Gasteiger partial charge >= 0.3 is 0 Å². The van der Waals surface area contributed by atoms with Crippen molar-refractivity contribution in [2.24, 2.45) is 0 Å². The van der Waals surface area contributed by atoms with Gasteiger partial charge in [0, 0.05) is 6.42 Å². The van der Waals surface area contributed by atoms with Crippen molar-refractivity contribution in [3.8, 4) is 0 Å². The van der Waals surface area contributed by atoms with Gasteiger partial charge in [-0.2, -0.15) is 0 Å². The molecule has 0 aliphatic carbocycles. The van der Waals surface area contributed by atoms with E-state index in [9.17, 15) is 61.0 Å². The van der Waals surface area contributed by atoms with Crippen LogP contribution in [-0.2, 0) is 33.2 Å². The summed E-state index contributed by atoms with van der Waals surface area (Å²) in [7, 11) is 0. The maximum atomic E-state index is 13.4. The molecule has 17 atom stereocenters. The molecule has 3 aliphatic rings. The summed E-state index contributed by atoms with van der Waals surface area (Å²) < 4.78 is 34.3. The first-order valence-electron chi connectivity index (χ1n) is 36.9. The molecule has 17 unspecified atom stereocenters. The molecule has 0 aromatic rings. The Morgan fingerprint density at radius 3 is 1.11 bits per heavy atom. The SMILES string of the molecule is CC/C=C\C/C=C\C/C=C\C/C=C\C/C=C\C/C=C\C/C=C\C/C=C\C/C=C\C/C=C\CCCCC(=O)NC(COC1OC(CO)C(OC2OC(CO)C(OC3OC(CO)C(O)C(O)C3O)C(O)C2O)C(O)C1O)C(O)/C=C/CCCCCCCCCCCCCCCCCCC. The first-order valence-corrected chi connectivity index (χ1v) is 36.9. The number of ether oxygens (including phenoxy) is 6. The topological polar surface area (TPSA) is 307 Å². The van der Waals surface area contributed by atoms with E-state index in [1.807, 2.05) is 6.08 Å². The molecule has 19 heteroatoms. The van der Waals surface area contributed by atoms with Gasteiger partial charge in [0.2, 0.25) is 5.91 Å². The second-order valence-corrected chi connectivity index (χ2v) is 25.7. The zero-order valence-electron chi connectivity index (χ0n) is 58.7. The fourth-order valence-corrected chi connectivity index (χ4v) is 11.5. The van der Waals surface area contributed by atoms with Crippen molar-refractivity contribution < 1.29 is 89.4 Å². The number of allylic oxidation sites excluding steroid dienone is 21. The molecule has 3 saturated heterocycles. The molecule has 19 nitrogen and oxygen atoms in total. The molecular weight excluding hydrogens is 1240 g/mol. The van der Waals surface area contributed by atoms with Crippen LogP contribution in [-0.4, -0.2) is 193 Å². The number of aliphatic hydroxyl groups excluding tert-OH is 11. The van der Waals surface area contributed by atoms with Gasteiger partial charge in [0.1, 0.15) is 73.2 Å². The summed E-state index contributed by atoms with van der Waals surface area (Å²) >= 11 is 0. The zero-order chi connectivity index (χ0) is 70.4. The zero-order valence-corrected chi connectivity index (χ0v) is 58.7. The highest BCUT2D eigenvalue weighted by Crippen LogP contribution is 2.33. The maximum absolute atomic E-state index is 13.4. The van der Waals surface area contributed by atoms with Gasteiger partial charge in [-0.05, 0) is 96.3 Å². The van der Waals surface area contributed by atoms with Gasteiger partial charge in [0.25, 0.3) is 0 Å². The van der Waals surface area contributed by atoms with Crippen LogP contribution >= 0.6 is 0 Å². The van der Waals surface area contributed by atoms with E-state index in [0.29, 0.717) is 6.42 Å². The molecule has 12 N–H and O–H groups in total. The number of nitrogens with one attached hydrogen (secondary N) is 1. The van der Waals surface area contributed by atoms with Gasteiger partial charge in [-0.3, -0.25) is 4.79 Å². The predicted octanol–water partition coefficient (Wildman–Crippen LogP) is 10.9. The summed E-state index contributed by atoms with van der Waals surface area (Å²) in [5.41, 5.74) is 0. The van der Waals surface area contributed by atoms with Crippen LogP contribution in [0.5, 0.6) is 0 Å². The molecule has 3 aliphatic heterocycles. The Bertz CT molecular complexity index is 2280. The quantitative estimate of drug-likeness (QED) is 0.0199. The maximum Gasteiger partial charge on any atom is 0.220 e. The van der Waals surface area contributed by atoms with E-state index in [2.05, 4.69) is 141 Å². The molecular formula is C78H129NO18. The second kappa shape index (κ2) is 57.5. The van der Waals surface area contributed by atoms with Crippen LogP contribution in [0.1, 0.15) is 219 Å². The van der Waals surface area contributed by atoms with Crippen molar-refractivity contribution in [1.82, 2.24) is 5.32 Å². The van der Waals surface area contributed by atoms with Crippen LogP contribution in [0, 0.1) is 0 Å². The van der Waals surface area contributed by atoms with Gasteiger partial charge in [-0.1, -0.05) is 250 Å². The third-order valence-electron chi connectivity index (χ3n) is 17.5. The molecule has 554 valence electrons. The third-order valence-corrected chi connectivity index (χ3v) is 17.5. The fraction of sp³-hybridized carbons (Fsp3) is 0.705. The highest BCUT2D eigenvalue weighted by molar-refractivity contribution is 5.76. The van der Waals surface area contributed by atoms with Crippen molar-refractivity contribution in [2.75, 3.05) is 26.4 Å². The lowest BCUT2D eigenvalue weighted by atomic mass is 9.96. The number of carbonyl (C=O) groups excluding carboxylic acids is 1. The lowest BCUT2D eigenvalue weighted by Crippen LogP contribution is -2.66. The van der Waals surface area contributed by atoms with E-state index in [4.69, 9.17) is 28.4 Å². The van der Waals surface area contributed by atoms with E-state index in [1.54, 1.807) is 6.08 Å². The molecule has 0 saturated carbocycles. The highest BCUT2D eigenvalue weighted by atomic mass is 16.8. The molecule has 3 heterocycles. The van der Waals surface area contributed by atoms with Gasteiger partial charge in [0.15, 0.2) is 18.9 Å². The molecule has 0 spiro atoms. The molecule has 0 radical (unpaired) electrons. The lowest BCUT2D eigenvalue weighted by Gasteiger charge is -2.48. The minimum Gasteiger partial charge on any atom is -0.394 e. The van der Waals surface area contributed by atoms with Gasteiger partial charge in [0.05, 0.1) is 38.6 Å². The van der Waals surface area contributed by atoms with Crippen molar-refractivity contribution in [2.45, 2.75) is 324 Å². The molecule has 97 heavy (non-hydrogen) atoms. The number of aliphatic hydroxyl groups is 11. The Hall–Kier alpha value is -4.07. The molecule has 0 aromatic heterocycles. The van der Waals surface area contributed by atoms with E-state index >= 15 is 0 Å². The van der Waals surface area contributed by atoms with Crippen molar-refractivity contribution in [1.29, 1.82) is 0 Å². The Balaban J connectivity index is 1.43.